The molecule has 0 aromatic carbocycles. The van der Waals surface area contributed by atoms with Crippen LogP contribution in [0.3, 0.4) is 0 Å². The van der Waals surface area contributed by atoms with Gasteiger partial charge in [0.25, 0.3) is 10.2 Å². The number of hydrogen-bond donors (Lipinski definition) is 2. The second-order valence-corrected chi connectivity index (χ2v) is 3.76. The monoisotopic (exact) mass is 358 g/mol. The molecule has 0 saturated carbocycles. The topological polar surface area (TPSA) is 198 Å². The fourth-order valence-corrected chi connectivity index (χ4v) is 1.01. The molecule has 0 aliphatic rings. The van der Waals surface area contributed by atoms with Gasteiger partial charge in [-0.3, -0.25) is 0 Å². The molecule has 0 atom stereocenters. The lowest BCUT2D eigenvalue weighted by Gasteiger charge is -1.99. The summed E-state index contributed by atoms with van der Waals surface area (Å²) in [7, 11) is 0. The molecule has 0 radical (unpaired) electrons. The minimum Gasteiger partial charge on any atom is -0.450 e. The lowest BCUT2D eigenvalue weighted by molar-refractivity contribution is -0.757. The second-order valence-electron chi connectivity index (χ2n) is 3.76. The molecule has 0 amide bonds. The maximum atomic E-state index is 9.78. The number of nitrogens with zero attached hydrogens (tertiary/aromatic N) is 2. The van der Waals surface area contributed by atoms with Gasteiger partial charge in [-0.05, 0) is 25.7 Å². The summed E-state index contributed by atoms with van der Waals surface area (Å²) in [5.74, 6) is 0. The Bertz CT molecular complexity index is 316. The molecule has 0 aromatic heterocycles. The summed E-state index contributed by atoms with van der Waals surface area (Å²) < 4.78 is 8.28. The maximum Gasteiger partial charge on any atom is 0.505 e. The zero-order valence-electron chi connectivity index (χ0n) is 12.5. The molecular formula is C10H18N2O12. The van der Waals surface area contributed by atoms with E-state index in [9.17, 15) is 29.8 Å². The van der Waals surface area contributed by atoms with Crippen molar-refractivity contribution in [3.63, 3.8) is 0 Å². The molecule has 2 N–H and O–H groups in total. The van der Waals surface area contributed by atoms with E-state index in [0.29, 0.717) is 25.7 Å². The van der Waals surface area contributed by atoms with Crippen molar-refractivity contribution in [3.05, 3.63) is 20.2 Å². The van der Waals surface area contributed by atoms with Gasteiger partial charge in [0, 0.05) is 0 Å². The molecule has 24 heavy (non-hydrogen) atoms. The van der Waals surface area contributed by atoms with Crippen molar-refractivity contribution in [1.82, 2.24) is 0 Å². The number of carboxylic acid groups (broad SMARTS) is 2. The van der Waals surface area contributed by atoms with E-state index in [-0.39, 0.29) is 26.4 Å². The first-order valence-corrected chi connectivity index (χ1v) is 6.51. The third-order valence-electron chi connectivity index (χ3n) is 1.92. The predicted molar refractivity (Wildman–Crippen MR) is 72.3 cm³/mol. The molecule has 0 fully saturated rings. The first kappa shape index (κ1) is 23.2. The van der Waals surface area contributed by atoms with Crippen LogP contribution in [-0.4, -0.2) is 59.1 Å². The van der Waals surface area contributed by atoms with Crippen LogP contribution in [0.4, 0.5) is 9.59 Å². The van der Waals surface area contributed by atoms with Crippen LogP contribution in [0.2, 0.25) is 0 Å². The van der Waals surface area contributed by atoms with Crippen molar-refractivity contribution < 1.29 is 49.1 Å². The van der Waals surface area contributed by atoms with Gasteiger partial charge in [-0.25, -0.2) is 9.59 Å². The molecule has 0 aliphatic carbocycles. The molecule has 140 valence electrons. The fourth-order valence-electron chi connectivity index (χ4n) is 1.01. The Labute approximate surface area is 135 Å². The van der Waals surface area contributed by atoms with Gasteiger partial charge in [0.1, 0.15) is 0 Å². The Morgan fingerprint density at radius 3 is 1.25 bits per heavy atom. The normalized spacial score (nSPS) is 9.00. The van der Waals surface area contributed by atoms with Gasteiger partial charge in [-0.1, -0.05) is 0 Å². The highest BCUT2D eigenvalue weighted by atomic mass is 17.0. The summed E-state index contributed by atoms with van der Waals surface area (Å²) >= 11 is 0. The fraction of sp³-hybridized carbons (Fsp3) is 0.800. The summed E-state index contributed by atoms with van der Waals surface area (Å²) in [6, 6.07) is 0. The van der Waals surface area contributed by atoms with Crippen molar-refractivity contribution in [2.24, 2.45) is 0 Å². The minimum atomic E-state index is -1.34. The lowest BCUT2D eigenvalue weighted by atomic mass is 10.3. The number of hydrogen-bond acceptors (Lipinski definition) is 10. The SMILES string of the molecule is O=C(O)OCCCCO[N+](=O)[O-].O=C(O)OCCCCO[N+](=O)[O-]. The first-order valence-electron chi connectivity index (χ1n) is 6.51. The van der Waals surface area contributed by atoms with Crippen molar-refractivity contribution in [2.75, 3.05) is 26.4 Å². The van der Waals surface area contributed by atoms with E-state index in [2.05, 4.69) is 19.1 Å². The van der Waals surface area contributed by atoms with E-state index in [4.69, 9.17) is 10.2 Å². The van der Waals surface area contributed by atoms with Crippen LogP contribution in [0.1, 0.15) is 25.7 Å². The van der Waals surface area contributed by atoms with Crippen molar-refractivity contribution in [2.45, 2.75) is 25.7 Å². The van der Waals surface area contributed by atoms with Crippen LogP contribution in [0.15, 0.2) is 0 Å². The highest BCUT2D eigenvalue weighted by molar-refractivity contribution is 5.56. The van der Waals surface area contributed by atoms with Gasteiger partial charge in [0.2, 0.25) is 0 Å². The molecule has 0 spiro atoms. The maximum absolute atomic E-state index is 9.78. The van der Waals surface area contributed by atoms with Crippen molar-refractivity contribution in [1.29, 1.82) is 0 Å². The Morgan fingerprint density at radius 1 is 0.708 bits per heavy atom. The molecule has 0 unspecified atom stereocenters. The summed E-state index contributed by atoms with van der Waals surface area (Å²) in [6.07, 6.45) is -1.06. The Kier molecular flexibility index (Phi) is 15.8. The Hall–Kier alpha value is -3.06. The lowest BCUT2D eigenvalue weighted by Crippen LogP contribution is -2.05. The van der Waals surface area contributed by atoms with Crippen LogP contribution in [0.25, 0.3) is 0 Å². The first-order chi connectivity index (χ1) is 11.3. The third-order valence-corrected chi connectivity index (χ3v) is 1.92. The van der Waals surface area contributed by atoms with Gasteiger partial charge in [0.15, 0.2) is 0 Å². The van der Waals surface area contributed by atoms with Gasteiger partial charge in [0.05, 0.1) is 26.4 Å². The quantitative estimate of drug-likeness (QED) is 0.220. The van der Waals surface area contributed by atoms with E-state index in [1.807, 2.05) is 0 Å². The third kappa shape index (κ3) is 27.3. The molecule has 0 aliphatic heterocycles. The number of rotatable bonds is 12. The van der Waals surface area contributed by atoms with Crippen LogP contribution in [0, 0.1) is 20.2 Å². The largest absolute Gasteiger partial charge is 0.505 e. The van der Waals surface area contributed by atoms with Crippen LogP contribution in [-0.2, 0) is 19.1 Å². The van der Waals surface area contributed by atoms with Crippen LogP contribution < -0.4 is 0 Å². The molecule has 14 heteroatoms. The van der Waals surface area contributed by atoms with E-state index in [1.165, 1.54) is 0 Å². The zero-order chi connectivity index (χ0) is 18.8. The van der Waals surface area contributed by atoms with Gasteiger partial charge >= 0.3 is 12.3 Å². The number of carbonyl (C=O) groups is 2. The second kappa shape index (κ2) is 16.3. The van der Waals surface area contributed by atoms with Gasteiger partial charge in [-0.2, -0.15) is 0 Å². The van der Waals surface area contributed by atoms with Crippen molar-refractivity contribution in [3.8, 4) is 0 Å². The average molecular weight is 358 g/mol. The Morgan fingerprint density at radius 2 is 1.00 bits per heavy atom. The number of ether oxygens (including phenoxy) is 2. The van der Waals surface area contributed by atoms with Crippen LogP contribution in [0.5, 0.6) is 0 Å². The average Bonchev–Trinajstić information content (AvgIpc) is 2.46. The van der Waals surface area contributed by atoms with Gasteiger partial charge < -0.3 is 29.4 Å². The molecule has 0 rings (SSSR count). The smallest absolute Gasteiger partial charge is 0.450 e. The molecule has 0 aromatic rings. The van der Waals surface area contributed by atoms with Crippen molar-refractivity contribution >= 4 is 12.3 Å². The Balaban J connectivity index is 0. The van der Waals surface area contributed by atoms with Crippen LogP contribution >= 0.6 is 0 Å². The summed E-state index contributed by atoms with van der Waals surface area (Å²) in [5, 5.41) is 33.4. The standard InChI is InChI=1S/2C5H9NO6/c2*7-5(8)11-3-1-2-4-12-6(9)10/h2*1-4H2,(H,7,8). The molecule has 0 bridgehead atoms. The van der Waals surface area contributed by atoms with E-state index in [1.54, 1.807) is 0 Å². The van der Waals surface area contributed by atoms with E-state index in [0.717, 1.165) is 0 Å². The summed E-state index contributed by atoms with van der Waals surface area (Å²) in [4.78, 5) is 46.7. The minimum absolute atomic E-state index is 0.0318. The highest BCUT2D eigenvalue weighted by Gasteiger charge is 1.98. The summed E-state index contributed by atoms with van der Waals surface area (Å²) in [5.41, 5.74) is 0. The molecule has 14 nitrogen and oxygen atoms in total. The predicted octanol–water partition coefficient (Wildman–Crippen LogP) is 1.34. The summed E-state index contributed by atoms with van der Waals surface area (Å²) in [6.45, 7) is 0.0127. The van der Waals surface area contributed by atoms with E-state index >= 15 is 0 Å². The highest BCUT2D eigenvalue weighted by Crippen LogP contribution is 1.92. The molecule has 0 saturated heterocycles. The number of unbranched alkanes of at least 4 members (excludes halogenated alkanes) is 2. The molecular weight excluding hydrogens is 340 g/mol. The van der Waals surface area contributed by atoms with E-state index < -0.39 is 22.5 Å². The zero-order valence-corrected chi connectivity index (χ0v) is 12.5. The molecule has 0 heterocycles. The van der Waals surface area contributed by atoms with Gasteiger partial charge in [-0.15, -0.1) is 20.2 Å².